The Morgan fingerprint density at radius 1 is 1.60 bits per heavy atom. The highest BCUT2D eigenvalue weighted by atomic mass is 16.6. The molecular formula is C12H17N5O3. The first-order chi connectivity index (χ1) is 9.54. The van der Waals surface area contributed by atoms with Gasteiger partial charge in [0, 0.05) is 18.7 Å². The van der Waals surface area contributed by atoms with E-state index in [1.807, 2.05) is 0 Å². The second-order valence-corrected chi connectivity index (χ2v) is 4.82. The summed E-state index contributed by atoms with van der Waals surface area (Å²) in [5.74, 6) is 0.257. The lowest BCUT2D eigenvalue weighted by molar-refractivity contribution is -0.385. The predicted octanol–water partition coefficient (Wildman–Crippen LogP) is 1.46. The molecule has 1 atom stereocenters. The maximum Gasteiger partial charge on any atom is 0.298 e. The Balaban J connectivity index is 2.43. The number of aromatic nitrogens is 1. The highest BCUT2D eigenvalue weighted by Gasteiger charge is 2.24. The van der Waals surface area contributed by atoms with Crippen LogP contribution in [0.3, 0.4) is 0 Å². The summed E-state index contributed by atoms with van der Waals surface area (Å²) in [4.78, 5) is 16.7. The molecule has 8 nitrogen and oxygen atoms in total. The molecular weight excluding hydrogens is 262 g/mol. The average molecular weight is 279 g/mol. The fourth-order valence-electron chi connectivity index (χ4n) is 2.42. The van der Waals surface area contributed by atoms with Crippen molar-refractivity contribution in [1.29, 1.82) is 0 Å². The summed E-state index contributed by atoms with van der Waals surface area (Å²) >= 11 is 0. The molecule has 0 aromatic carbocycles. The van der Waals surface area contributed by atoms with Crippen LogP contribution < -0.4 is 10.6 Å². The van der Waals surface area contributed by atoms with Crippen molar-refractivity contribution in [2.75, 3.05) is 11.4 Å². The zero-order chi connectivity index (χ0) is 14.7. The Morgan fingerprint density at radius 2 is 2.35 bits per heavy atom. The monoisotopic (exact) mass is 279 g/mol. The third-order valence-corrected chi connectivity index (χ3v) is 3.50. The lowest BCUT2D eigenvalue weighted by atomic mass is 10.0. The molecule has 8 heteroatoms. The van der Waals surface area contributed by atoms with Crippen LogP contribution in [0, 0.1) is 10.1 Å². The molecule has 0 bridgehead atoms. The van der Waals surface area contributed by atoms with Gasteiger partial charge in [-0.3, -0.25) is 10.1 Å². The average Bonchev–Trinajstić information content (AvgIpc) is 2.46. The van der Waals surface area contributed by atoms with Crippen LogP contribution >= 0.6 is 0 Å². The SMILES string of the molecule is CC1CCCCN1c1ccc([N+](=O)[O-])c(/C(N)=N/O)n1. The fourth-order valence-corrected chi connectivity index (χ4v) is 2.42. The van der Waals surface area contributed by atoms with Gasteiger partial charge in [-0.25, -0.2) is 4.98 Å². The molecule has 1 unspecified atom stereocenters. The summed E-state index contributed by atoms with van der Waals surface area (Å²) in [6.07, 6.45) is 3.28. The highest BCUT2D eigenvalue weighted by Crippen LogP contribution is 2.26. The summed E-state index contributed by atoms with van der Waals surface area (Å²) in [6.45, 7) is 2.94. The number of hydrogen-bond acceptors (Lipinski definition) is 6. The summed E-state index contributed by atoms with van der Waals surface area (Å²) in [5, 5.41) is 22.5. The van der Waals surface area contributed by atoms with Gasteiger partial charge in [-0.2, -0.15) is 0 Å². The minimum atomic E-state index is -0.593. The molecule has 0 radical (unpaired) electrons. The number of rotatable bonds is 3. The van der Waals surface area contributed by atoms with Crippen molar-refractivity contribution in [1.82, 2.24) is 4.98 Å². The van der Waals surface area contributed by atoms with Gasteiger partial charge >= 0.3 is 0 Å². The molecule has 1 aromatic rings. The first-order valence-electron chi connectivity index (χ1n) is 6.44. The number of nitro groups is 1. The maximum absolute atomic E-state index is 11.0. The van der Waals surface area contributed by atoms with E-state index in [0.29, 0.717) is 11.9 Å². The van der Waals surface area contributed by atoms with Gasteiger partial charge in [0.25, 0.3) is 5.69 Å². The third kappa shape index (κ3) is 2.63. The van der Waals surface area contributed by atoms with Crippen molar-refractivity contribution in [3.63, 3.8) is 0 Å². The van der Waals surface area contributed by atoms with Gasteiger partial charge in [0.2, 0.25) is 0 Å². The minimum absolute atomic E-state index is 0.104. The van der Waals surface area contributed by atoms with E-state index in [9.17, 15) is 10.1 Å². The van der Waals surface area contributed by atoms with Gasteiger partial charge in [0.1, 0.15) is 5.82 Å². The van der Waals surface area contributed by atoms with Crippen LogP contribution in [0.4, 0.5) is 11.5 Å². The van der Waals surface area contributed by atoms with Crippen molar-refractivity contribution in [2.45, 2.75) is 32.2 Å². The molecule has 2 heterocycles. The fraction of sp³-hybridized carbons (Fsp3) is 0.500. The zero-order valence-corrected chi connectivity index (χ0v) is 11.2. The van der Waals surface area contributed by atoms with Crippen molar-refractivity contribution in [2.24, 2.45) is 10.9 Å². The van der Waals surface area contributed by atoms with E-state index in [2.05, 4.69) is 22.0 Å². The number of anilines is 1. The summed E-state index contributed by atoms with van der Waals surface area (Å²) in [5.41, 5.74) is 5.11. The molecule has 1 saturated heterocycles. The van der Waals surface area contributed by atoms with Gasteiger partial charge < -0.3 is 15.8 Å². The van der Waals surface area contributed by atoms with Gasteiger partial charge in [0.05, 0.1) is 4.92 Å². The molecule has 3 N–H and O–H groups in total. The largest absolute Gasteiger partial charge is 0.409 e. The quantitative estimate of drug-likeness (QED) is 0.284. The van der Waals surface area contributed by atoms with E-state index < -0.39 is 4.92 Å². The smallest absolute Gasteiger partial charge is 0.298 e. The standard InChI is InChI=1S/C12H17N5O3/c1-8-4-2-3-7-16(8)10-6-5-9(17(19)20)11(14-10)12(13)15-18/h5-6,8,18H,2-4,7H2,1H3,(H2,13,15). The van der Waals surface area contributed by atoms with Crippen molar-refractivity contribution in [3.05, 3.63) is 27.9 Å². The summed E-state index contributed by atoms with van der Waals surface area (Å²) in [6, 6.07) is 3.27. The van der Waals surface area contributed by atoms with E-state index in [1.54, 1.807) is 6.07 Å². The lowest BCUT2D eigenvalue weighted by Crippen LogP contribution is -2.38. The number of hydrogen-bond donors (Lipinski definition) is 2. The number of piperidine rings is 1. The summed E-state index contributed by atoms with van der Waals surface area (Å²) in [7, 11) is 0. The molecule has 0 saturated carbocycles. The van der Waals surface area contributed by atoms with Crippen molar-refractivity contribution < 1.29 is 10.1 Å². The second kappa shape index (κ2) is 5.72. The molecule has 0 amide bonds. The normalized spacial score (nSPS) is 19.9. The maximum atomic E-state index is 11.0. The number of oxime groups is 1. The molecule has 2 rings (SSSR count). The van der Waals surface area contributed by atoms with Gasteiger partial charge in [-0.15, -0.1) is 0 Å². The van der Waals surface area contributed by atoms with E-state index in [0.717, 1.165) is 25.8 Å². The van der Waals surface area contributed by atoms with Gasteiger partial charge in [0.15, 0.2) is 11.5 Å². The topological polar surface area (TPSA) is 118 Å². The van der Waals surface area contributed by atoms with Crippen LogP contribution in [-0.4, -0.2) is 33.5 Å². The molecule has 1 aliphatic rings. The molecule has 0 spiro atoms. The molecule has 0 aliphatic carbocycles. The van der Waals surface area contributed by atoms with E-state index >= 15 is 0 Å². The number of amidine groups is 1. The number of pyridine rings is 1. The highest BCUT2D eigenvalue weighted by molar-refractivity contribution is 5.99. The van der Waals surface area contributed by atoms with Crippen LogP contribution in [0.25, 0.3) is 0 Å². The van der Waals surface area contributed by atoms with Crippen molar-refractivity contribution >= 4 is 17.3 Å². The zero-order valence-electron chi connectivity index (χ0n) is 11.2. The van der Waals surface area contributed by atoms with Gasteiger partial charge in [-0.05, 0) is 32.3 Å². The molecule has 20 heavy (non-hydrogen) atoms. The Kier molecular flexibility index (Phi) is 4.02. The van der Waals surface area contributed by atoms with Crippen LogP contribution in [0.15, 0.2) is 17.3 Å². The molecule has 1 fully saturated rings. The van der Waals surface area contributed by atoms with Crippen LogP contribution in [0.1, 0.15) is 31.9 Å². The second-order valence-electron chi connectivity index (χ2n) is 4.82. The Bertz CT molecular complexity index is 546. The Hall–Kier alpha value is -2.38. The third-order valence-electron chi connectivity index (χ3n) is 3.50. The summed E-state index contributed by atoms with van der Waals surface area (Å²) < 4.78 is 0. The van der Waals surface area contributed by atoms with E-state index in [-0.39, 0.29) is 17.2 Å². The molecule has 1 aliphatic heterocycles. The number of nitrogens with two attached hydrogens (primary N) is 1. The molecule has 108 valence electrons. The predicted molar refractivity (Wildman–Crippen MR) is 74.1 cm³/mol. The Labute approximate surface area is 116 Å². The molecule has 1 aromatic heterocycles. The van der Waals surface area contributed by atoms with Crippen molar-refractivity contribution in [3.8, 4) is 0 Å². The first-order valence-corrected chi connectivity index (χ1v) is 6.44. The van der Waals surface area contributed by atoms with E-state index in [4.69, 9.17) is 10.9 Å². The van der Waals surface area contributed by atoms with Crippen LogP contribution in [-0.2, 0) is 0 Å². The van der Waals surface area contributed by atoms with Crippen LogP contribution in [0.5, 0.6) is 0 Å². The first kappa shape index (κ1) is 14.0. The Morgan fingerprint density at radius 3 is 2.95 bits per heavy atom. The lowest BCUT2D eigenvalue weighted by Gasteiger charge is -2.34. The van der Waals surface area contributed by atoms with Gasteiger partial charge in [-0.1, -0.05) is 5.16 Å². The van der Waals surface area contributed by atoms with Crippen LogP contribution in [0.2, 0.25) is 0 Å². The minimum Gasteiger partial charge on any atom is -0.409 e. The number of nitrogens with zero attached hydrogens (tertiary/aromatic N) is 4. The van der Waals surface area contributed by atoms with E-state index in [1.165, 1.54) is 6.07 Å².